The Labute approximate surface area is 224 Å². The van der Waals surface area contributed by atoms with Crippen LogP contribution in [-0.2, 0) is 0 Å². The van der Waals surface area contributed by atoms with Crippen molar-refractivity contribution in [3.8, 4) is 17.2 Å². The number of carbonyl (C=O) groups excluding carboxylic acids is 1. The van der Waals surface area contributed by atoms with Gasteiger partial charge in [-0.05, 0) is 55.4 Å². The zero-order chi connectivity index (χ0) is 26.8. The quantitative estimate of drug-likeness (QED) is 0.377. The second kappa shape index (κ2) is 9.07. The lowest BCUT2D eigenvalue weighted by atomic mass is 10.0. The molecule has 8 nitrogen and oxygen atoms in total. The Kier molecular flexibility index (Phi) is 5.61. The number of likely N-dealkylation sites (N-methyl/N-ethyl adjacent to an activating group) is 1. The van der Waals surface area contributed by atoms with Gasteiger partial charge in [-0.2, -0.15) is 0 Å². The molecule has 0 saturated carbocycles. The van der Waals surface area contributed by atoms with E-state index in [-0.39, 0.29) is 28.6 Å². The molecule has 1 unspecified atom stereocenters. The maximum atomic E-state index is 15.9. The molecule has 0 bridgehead atoms. The number of hydrogen-bond donors (Lipinski definition) is 1. The summed E-state index contributed by atoms with van der Waals surface area (Å²) in [4.78, 5) is 33.4. The number of nitrogens with two attached hydrogens (primary N) is 1. The number of aromatic nitrogens is 1. The molecular weight excluding hydrogens is 497 g/mol. The summed E-state index contributed by atoms with van der Waals surface area (Å²) < 4.78 is 24.2. The Morgan fingerprint density at radius 1 is 1.05 bits per heavy atom. The van der Waals surface area contributed by atoms with Gasteiger partial charge >= 0.3 is 0 Å². The van der Waals surface area contributed by atoms with E-state index in [1.807, 2.05) is 52.9 Å². The summed E-state index contributed by atoms with van der Waals surface area (Å²) in [6, 6.07) is 13.0. The summed E-state index contributed by atoms with van der Waals surface area (Å²) in [7, 11) is 2.03. The Morgan fingerprint density at radius 3 is 2.62 bits per heavy atom. The van der Waals surface area contributed by atoms with Crippen molar-refractivity contribution in [2.75, 3.05) is 51.2 Å². The number of halogens is 1. The number of rotatable bonds is 2. The fourth-order valence-corrected chi connectivity index (χ4v) is 6.15. The molecule has 9 heteroatoms. The Hall–Kier alpha value is -3.95. The van der Waals surface area contributed by atoms with Gasteiger partial charge in [-0.1, -0.05) is 24.3 Å². The topological polar surface area (TPSA) is 84.0 Å². The second-order valence-electron chi connectivity index (χ2n) is 10.9. The van der Waals surface area contributed by atoms with Gasteiger partial charge in [-0.3, -0.25) is 9.59 Å². The van der Waals surface area contributed by atoms with Crippen molar-refractivity contribution in [3.63, 3.8) is 0 Å². The monoisotopic (exact) mass is 527 g/mol. The van der Waals surface area contributed by atoms with Crippen LogP contribution in [0.25, 0.3) is 27.4 Å². The average Bonchev–Trinajstić information content (AvgIpc) is 3.23. The number of anilines is 1. The van der Waals surface area contributed by atoms with E-state index in [1.165, 1.54) is 6.07 Å². The first kappa shape index (κ1) is 24.1. The fourth-order valence-electron chi connectivity index (χ4n) is 6.15. The second-order valence-corrected chi connectivity index (χ2v) is 10.9. The van der Waals surface area contributed by atoms with Gasteiger partial charge in [-0.15, -0.1) is 0 Å². The van der Waals surface area contributed by atoms with Gasteiger partial charge in [-0.25, -0.2) is 4.39 Å². The molecule has 1 amide bonds. The van der Waals surface area contributed by atoms with Crippen molar-refractivity contribution < 1.29 is 13.9 Å². The van der Waals surface area contributed by atoms with Gasteiger partial charge < -0.3 is 29.7 Å². The van der Waals surface area contributed by atoms with E-state index >= 15 is 4.39 Å². The molecule has 3 aliphatic rings. The van der Waals surface area contributed by atoms with Crippen LogP contribution in [0.1, 0.15) is 23.2 Å². The third-order valence-electron chi connectivity index (χ3n) is 8.25. The zero-order valence-electron chi connectivity index (χ0n) is 21.8. The first-order valence-electron chi connectivity index (χ1n) is 13.5. The van der Waals surface area contributed by atoms with Gasteiger partial charge in [0, 0.05) is 45.0 Å². The summed E-state index contributed by atoms with van der Waals surface area (Å²) in [5.41, 5.74) is 7.18. The molecule has 1 aromatic heterocycles. The average molecular weight is 528 g/mol. The third-order valence-corrected chi connectivity index (χ3v) is 8.25. The Bertz CT molecular complexity index is 1720. The van der Waals surface area contributed by atoms with Gasteiger partial charge in [0.15, 0.2) is 17.3 Å². The normalized spacial score (nSPS) is 19.3. The number of carbonyl (C=O) groups is 1. The molecule has 0 spiro atoms. The summed E-state index contributed by atoms with van der Waals surface area (Å²) in [5.74, 6) is -0.0579. The predicted molar refractivity (Wildman–Crippen MR) is 150 cm³/mol. The van der Waals surface area contributed by atoms with Crippen LogP contribution in [0.2, 0.25) is 0 Å². The molecule has 39 heavy (non-hydrogen) atoms. The highest BCUT2D eigenvalue weighted by molar-refractivity contribution is 6.02. The van der Waals surface area contributed by atoms with Crippen LogP contribution in [0.15, 0.2) is 53.5 Å². The fraction of sp³-hybridized carbons (Fsp3) is 0.333. The molecular formula is C30H30FN5O3. The molecule has 2 N–H and O–H groups in total. The van der Waals surface area contributed by atoms with E-state index in [4.69, 9.17) is 10.5 Å². The largest absolute Gasteiger partial charge is 0.451 e. The smallest absolute Gasteiger partial charge is 0.259 e. The highest BCUT2D eigenvalue weighted by Crippen LogP contribution is 2.48. The van der Waals surface area contributed by atoms with Crippen molar-refractivity contribution >= 4 is 33.3 Å². The lowest BCUT2D eigenvalue weighted by Crippen LogP contribution is -2.37. The maximum Gasteiger partial charge on any atom is 0.259 e. The van der Waals surface area contributed by atoms with E-state index in [9.17, 15) is 9.59 Å². The van der Waals surface area contributed by atoms with E-state index in [0.29, 0.717) is 48.8 Å². The molecule has 3 aromatic carbocycles. The van der Waals surface area contributed by atoms with E-state index in [1.54, 1.807) is 11.1 Å². The minimum Gasteiger partial charge on any atom is -0.451 e. The van der Waals surface area contributed by atoms with Crippen molar-refractivity contribution in [1.29, 1.82) is 0 Å². The number of benzene rings is 3. The standard InChI is InChI=1S/C30H30FN5O3/c1-33-8-4-9-34(12-11-33)30(38)22-17-36-24-13-18-5-2-3-6-19(18)14-25(24)39-29-26(36)21(28(22)37)15-23(31)27(29)35-10-7-20(32)16-35/h2-3,5-6,13-15,17,20H,4,7-12,16,32H2,1H3. The molecule has 7 rings (SSSR count). The van der Waals surface area contributed by atoms with E-state index in [0.717, 1.165) is 36.7 Å². The molecule has 1 atom stereocenters. The Morgan fingerprint density at radius 2 is 1.85 bits per heavy atom. The lowest BCUT2D eigenvalue weighted by Gasteiger charge is -2.30. The zero-order valence-corrected chi connectivity index (χ0v) is 21.8. The van der Waals surface area contributed by atoms with E-state index in [2.05, 4.69) is 4.90 Å². The molecule has 200 valence electrons. The van der Waals surface area contributed by atoms with Crippen LogP contribution in [0.5, 0.6) is 11.5 Å². The molecule has 0 aliphatic carbocycles. The number of hydrogen-bond acceptors (Lipinski definition) is 6. The number of ether oxygens (including phenoxy) is 1. The minimum atomic E-state index is -0.555. The molecule has 2 saturated heterocycles. The van der Waals surface area contributed by atoms with Gasteiger partial charge in [0.25, 0.3) is 5.91 Å². The predicted octanol–water partition coefficient (Wildman–Crippen LogP) is 3.70. The van der Waals surface area contributed by atoms with Crippen LogP contribution in [0.3, 0.4) is 0 Å². The van der Waals surface area contributed by atoms with Crippen LogP contribution in [0.4, 0.5) is 10.1 Å². The lowest BCUT2D eigenvalue weighted by molar-refractivity contribution is 0.0761. The van der Waals surface area contributed by atoms with Crippen LogP contribution < -0.4 is 20.8 Å². The van der Waals surface area contributed by atoms with Crippen LogP contribution in [-0.4, -0.2) is 72.6 Å². The highest BCUT2D eigenvalue weighted by atomic mass is 19.1. The molecule has 4 aromatic rings. The summed E-state index contributed by atoms with van der Waals surface area (Å²) in [6.07, 6.45) is 3.19. The summed E-state index contributed by atoms with van der Waals surface area (Å²) in [6.45, 7) is 3.81. The molecule has 4 heterocycles. The highest BCUT2D eigenvalue weighted by Gasteiger charge is 2.33. The van der Waals surface area contributed by atoms with Crippen LogP contribution in [0, 0.1) is 5.82 Å². The Balaban J connectivity index is 1.49. The summed E-state index contributed by atoms with van der Waals surface area (Å²) in [5, 5.41) is 2.10. The van der Waals surface area contributed by atoms with Crippen molar-refractivity contribution in [1.82, 2.24) is 14.4 Å². The number of nitrogens with zero attached hydrogens (tertiary/aromatic N) is 4. The minimum absolute atomic E-state index is 0.0364. The number of pyridine rings is 1. The van der Waals surface area contributed by atoms with Gasteiger partial charge in [0.1, 0.15) is 16.8 Å². The first-order valence-corrected chi connectivity index (χ1v) is 13.5. The molecule has 0 radical (unpaired) electrons. The van der Waals surface area contributed by atoms with Crippen molar-refractivity contribution in [2.24, 2.45) is 5.73 Å². The van der Waals surface area contributed by atoms with Crippen LogP contribution >= 0.6 is 0 Å². The van der Waals surface area contributed by atoms with Gasteiger partial charge in [0.05, 0.1) is 11.1 Å². The van der Waals surface area contributed by atoms with Crippen molar-refractivity contribution in [3.05, 3.63) is 70.3 Å². The summed E-state index contributed by atoms with van der Waals surface area (Å²) >= 11 is 0. The SMILES string of the molecule is CN1CCCN(C(=O)c2cn3c4c(c(N5CCC(N)C5)c(F)cc4c2=O)Oc2cc4ccccc4cc2-3)CC1. The third kappa shape index (κ3) is 3.87. The first-order chi connectivity index (χ1) is 18.9. The number of amides is 1. The maximum absolute atomic E-state index is 15.9. The van der Waals surface area contributed by atoms with Crippen molar-refractivity contribution in [2.45, 2.75) is 18.9 Å². The molecule has 2 fully saturated rings. The molecule has 3 aliphatic heterocycles. The van der Waals surface area contributed by atoms with E-state index < -0.39 is 11.2 Å². The number of fused-ring (bicyclic) bond motifs is 3. The van der Waals surface area contributed by atoms with Gasteiger partial charge in [0.2, 0.25) is 5.43 Å².